The maximum absolute atomic E-state index is 11.9. The van der Waals surface area contributed by atoms with Crippen molar-refractivity contribution in [3.63, 3.8) is 0 Å². The van der Waals surface area contributed by atoms with Crippen LogP contribution in [0, 0.1) is 0 Å². The van der Waals surface area contributed by atoms with Crippen molar-refractivity contribution in [3.8, 4) is 0 Å². The average molecular weight is 221 g/mol. The molecule has 0 spiro atoms. The molecule has 0 fully saturated rings. The number of nitrogens with two attached hydrogens (primary N) is 2. The van der Waals surface area contributed by atoms with Gasteiger partial charge in [-0.25, -0.2) is 0 Å². The third-order valence-corrected chi connectivity index (χ3v) is 2.67. The monoisotopic (exact) mass is 221 g/mol. The van der Waals surface area contributed by atoms with Crippen LogP contribution in [0.1, 0.15) is 24.2 Å². The van der Waals surface area contributed by atoms with E-state index in [1.54, 1.807) is 18.2 Å². The minimum atomic E-state index is 0.0791. The Balaban J connectivity index is 2.76. The predicted octanol–water partition coefficient (Wildman–Crippen LogP) is 1.38. The zero-order chi connectivity index (χ0) is 12.1. The molecule has 1 aromatic carbocycles. The van der Waals surface area contributed by atoms with Gasteiger partial charge in [-0.1, -0.05) is 13.8 Å². The molecule has 0 aliphatic heterocycles. The molecule has 0 saturated carbocycles. The molecule has 4 nitrogen and oxygen atoms in total. The molecule has 1 aromatic rings. The fourth-order valence-electron chi connectivity index (χ4n) is 1.49. The van der Waals surface area contributed by atoms with Crippen LogP contribution in [0.3, 0.4) is 0 Å². The van der Waals surface area contributed by atoms with E-state index < -0.39 is 0 Å². The van der Waals surface area contributed by atoms with Crippen LogP contribution < -0.4 is 11.5 Å². The molecule has 0 unspecified atom stereocenters. The number of anilines is 2. The maximum Gasteiger partial charge on any atom is 0.176 e. The van der Waals surface area contributed by atoms with Gasteiger partial charge in [-0.2, -0.15) is 0 Å². The van der Waals surface area contributed by atoms with Crippen LogP contribution >= 0.6 is 0 Å². The highest BCUT2D eigenvalue weighted by Gasteiger charge is 2.10. The Hall–Kier alpha value is -1.55. The van der Waals surface area contributed by atoms with Crippen molar-refractivity contribution < 1.29 is 4.79 Å². The molecule has 0 saturated heterocycles. The lowest BCUT2D eigenvalue weighted by Gasteiger charge is -2.16. The first-order valence-corrected chi connectivity index (χ1v) is 5.49. The lowest BCUT2D eigenvalue weighted by molar-refractivity contribution is 0.0937. The van der Waals surface area contributed by atoms with Gasteiger partial charge in [0.15, 0.2) is 5.78 Å². The number of likely N-dealkylation sites (N-methyl/N-ethyl adjacent to an activating group) is 1. The number of Topliss-reactive ketones (excluding diaryl/α,β-unsaturated/α-hetero) is 1. The molecule has 0 radical (unpaired) electrons. The van der Waals surface area contributed by atoms with Crippen molar-refractivity contribution in [2.75, 3.05) is 31.1 Å². The van der Waals surface area contributed by atoms with Gasteiger partial charge in [-0.05, 0) is 31.3 Å². The third kappa shape index (κ3) is 2.97. The Kier molecular flexibility index (Phi) is 4.31. The first kappa shape index (κ1) is 12.5. The fraction of sp³-hybridized carbons (Fsp3) is 0.417. The molecule has 16 heavy (non-hydrogen) atoms. The molecule has 0 amide bonds. The summed E-state index contributed by atoms with van der Waals surface area (Å²) >= 11 is 0. The number of carbonyl (C=O) groups is 1. The summed E-state index contributed by atoms with van der Waals surface area (Å²) in [6.07, 6.45) is 0. The first-order valence-electron chi connectivity index (χ1n) is 5.49. The summed E-state index contributed by atoms with van der Waals surface area (Å²) < 4.78 is 0. The molecule has 0 aliphatic rings. The summed E-state index contributed by atoms with van der Waals surface area (Å²) in [4.78, 5) is 14.0. The number of nitrogens with zero attached hydrogens (tertiary/aromatic N) is 1. The van der Waals surface area contributed by atoms with Crippen LogP contribution in [-0.4, -0.2) is 30.3 Å². The molecule has 0 heterocycles. The van der Waals surface area contributed by atoms with Gasteiger partial charge in [-0.15, -0.1) is 0 Å². The second kappa shape index (κ2) is 5.51. The van der Waals surface area contributed by atoms with Gasteiger partial charge in [0, 0.05) is 5.56 Å². The number of nitrogen functional groups attached to an aromatic ring is 2. The summed E-state index contributed by atoms with van der Waals surface area (Å²) in [6.45, 7) is 6.23. The zero-order valence-corrected chi connectivity index (χ0v) is 9.86. The average Bonchev–Trinajstić information content (AvgIpc) is 2.29. The van der Waals surface area contributed by atoms with E-state index in [0.717, 1.165) is 13.1 Å². The lowest BCUT2D eigenvalue weighted by Crippen LogP contribution is -2.29. The second-order valence-corrected chi connectivity index (χ2v) is 3.73. The highest BCUT2D eigenvalue weighted by Crippen LogP contribution is 2.16. The summed E-state index contributed by atoms with van der Waals surface area (Å²) in [5.41, 5.74) is 12.9. The number of hydrogen-bond acceptors (Lipinski definition) is 4. The van der Waals surface area contributed by atoms with E-state index in [0.29, 0.717) is 23.5 Å². The molecule has 1 rings (SSSR count). The third-order valence-electron chi connectivity index (χ3n) is 2.67. The first-order chi connectivity index (χ1) is 7.58. The van der Waals surface area contributed by atoms with Gasteiger partial charge in [-0.3, -0.25) is 9.69 Å². The Labute approximate surface area is 96.2 Å². The van der Waals surface area contributed by atoms with Gasteiger partial charge in [0.2, 0.25) is 0 Å². The Morgan fingerprint density at radius 2 is 1.81 bits per heavy atom. The number of ketones is 1. The predicted molar refractivity (Wildman–Crippen MR) is 67.4 cm³/mol. The van der Waals surface area contributed by atoms with Crippen molar-refractivity contribution in [2.45, 2.75) is 13.8 Å². The fourth-order valence-corrected chi connectivity index (χ4v) is 1.49. The number of rotatable bonds is 5. The molecule has 4 N–H and O–H groups in total. The quantitative estimate of drug-likeness (QED) is 0.582. The smallest absolute Gasteiger partial charge is 0.176 e. The van der Waals surface area contributed by atoms with E-state index in [1.807, 2.05) is 13.8 Å². The van der Waals surface area contributed by atoms with Gasteiger partial charge < -0.3 is 11.5 Å². The topological polar surface area (TPSA) is 72.3 Å². The van der Waals surface area contributed by atoms with E-state index in [1.165, 1.54) is 0 Å². The Bertz CT molecular complexity index is 373. The summed E-state index contributed by atoms with van der Waals surface area (Å²) in [7, 11) is 0. The SMILES string of the molecule is CCN(CC)CC(=O)c1ccc(N)c(N)c1. The summed E-state index contributed by atoms with van der Waals surface area (Å²) in [5.74, 6) is 0.0791. The lowest BCUT2D eigenvalue weighted by atomic mass is 10.1. The largest absolute Gasteiger partial charge is 0.397 e. The van der Waals surface area contributed by atoms with Crippen LogP contribution in [-0.2, 0) is 0 Å². The maximum atomic E-state index is 11.9. The van der Waals surface area contributed by atoms with Crippen LogP contribution in [0.25, 0.3) is 0 Å². The van der Waals surface area contributed by atoms with E-state index in [9.17, 15) is 4.79 Å². The zero-order valence-electron chi connectivity index (χ0n) is 9.86. The molecule has 88 valence electrons. The van der Waals surface area contributed by atoms with Crippen LogP contribution in [0.5, 0.6) is 0 Å². The minimum Gasteiger partial charge on any atom is -0.397 e. The molecule has 0 bridgehead atoms. The highest BCUT2D eigenvalue weighted by molar-refractivity contribution is 5.99. The normalized spacial score (nSPS) is 10.7. The van der Waals surface area contributed by atoms with Crippen molar-refractivity contribution in [1.29, 1.82) is 0 Å². The highest BCUT2D eigenvalue weighted by atomic mass is 16.1. The van der Waals surface area contributed by atoms with E-state index in [4.69, 9.17) is 11.5 Å². The van der Waals surface area contributed by atoms with Gasteiger partial charge in [0.25, 0.3) is 0 Å². The standard InChI is InChI=1S/C12H19N3O/c1-3-15(4-2)8-12(16)9-5-6-10(13)11(14)7-9/h5-7H,3-4,8,13-14H2,1-2H3. The van der Waals surface area contributed by atoms with Crippen LogP contribution in [0.4, 0.5) is 11.4 Å². The summed E-state index contributed by atoms with van der Waals surface area (Å²) in [6, 6.07) is 5.03. The van der Waals surface area contributed by atoms with Crippen molar-refractivity contribution >= 4 is 17.2 Å². The molecular weight excluding hydrogens is 202 g/mol. The van der Waals surface area contributed by atoms with Gasteiger partial charge in [0.1, 0.15) is 0 Å². The molecule has 0 aliphatic carbocycles. The minimum absolute atomic E-state index is 0.0791. The van der Waals surface area contributed by atoms with Crippen molar-refractivity contribution in [1.82, 2.24) is 4.90 Å². The number of benzene rings is 1. The van der Waals surface area contributed by atoms with E-state index >= 15 is 0 Å². The van der Waals surface area contributed by atoms with Gasteiger partial charge >= 0.3 is 0 Å². The Morgan fingerprint density at radius 3 is 2.31 bits per heavy atom. The molecule has 4 heteroatoms. The van der Waals surface area contributed by atoms with Crippen molar-refractivity contribution in [3.05, 3.63) is 23.8 Å². The van der Waals surface area contributed by atoms with Gasteiger partial charge in [0.05, 0.1) is 17.9 Å². The number of hydrogen-bond donors (Lipinski definition) is 2. The summed E-state index contributed by atoms with van der Waals surface area (Å²) in [5, 5.41) is 0. The van der Waals surface area contributed by atoms with Crippen LogP contribution in [0.15, 0.2) is 18.2 Å². The molecule has 0 atom stereocenters. The van der Waals surface area contributed by atoms with Crippen molar-refractivity contribution in [2.24, 2.45) is 0 Å². The second-order valence-electron chi connectivity index (χ2n) is 3.73. The molecule has 0 aromatic heterocycles. The van der Waals surface area contributed by atoms with Crippen LogP contribution in [0.2, 0.25) is 0 Å². The Morgan fingerprint density at radius 1 is 1.19 bits per heavy atom. The van der Waals surface area contributed by atoms with E-state index in [-0.39, 0.29) is 5.78 Å². The molecular formula is C12H19N3O. The van der Waals surface area contributed by atoms with E-state index in [2.05, 4.69) is 4.90 Å². The number of carbonyl (C=O) groups excluding carboxylic acids is 1.